The molecule has 2 bridgehead atoms. The van der Waals surface area contributed by atoms with E-state index in [4.69, 9.17) is 23.9 Å². The first-order chi connectivity index (χ1) is 24.3. The van der Waals surface area contributed by atoms with Gasteiger partial charge in [-0.05, 0) is 57.9 Å². The molecule has 0 aliphatic carbocycles. The Balaban J connectivity index is 1.49. The van der Waals surface area contributed by atoms with Gasteiger partial charge in [-0.1, -0.05) is 19.9 Å². The highest BCUT2D eigenvalue weighted by atomic mass is 19.1. The number of piperazine rings is 1. The van der Waals surface area contributed by atoms with Crippen LogP contribution in [0.15, 0.2) is 41.3 Å². The highest BCUT2D eigenvalue weighted by Gasteiger charge is 2.41. The molecule has 268 valence electrons. The number of carbonyl (C=O) groups is 2. The second-order valence-corrected chi connectivity index (χ2v) is 14.2. The van der Waals surface area contributed by atoms with Gasteiger partial charge in [-0.15, -0.1) is 0 Å². The van der Waals surface area contributed by atoms with E-state index in [-0.39, 0.29) is 77.7 Å². The van der Waals surface area contributed by atoms with Gasteiger partial charge in [0.05, 0.1) is 22.3 Å². The van der Waals surface area contributed by atoms with Gasteiger partial charge in [0.15, 0.2) is 17.8 Å². The van der Waals surface area contributed by atoms with E-state index >= 15 is 8.78 Å². The first-order valence-electron chi connectivity index (χ1n) is 16.8. The quantitative estimate of drug-likeness (QED) is 0.265. The van der Waals surface area contributed by atoms with Crippen molar-refractivity contribution in [1.82, 2.24) is 24.4 Å². The Morgan fingerprint density at radius 3 is 2.59 bits per heavy atom. The SMILES string of the molecule is CC(C)c1nccc2c1-n1c(=O)nc(N3CCN(C(=O)OC(C)(C)C)C[C@@H]3C)c3cc(F)c(nc31)-c1c(F)cccc1OCC1OC(C=O)OC21. The molecular weight excluding hydrogens is 666 g/mol. The van der Waals surface area contributed by atoms with Gasteiger partial charge in [0.25, 0.3) is 0 Å². The predicted molar refractivity (Wildman–Crippen MR) is 181 cm³/mol. The number of benzene rings is 1. The topological polar surface area (TPSA) is 138 Å². The van der Waals surface area contributed by atoms with Crippen molar-refractivity contribution in [2.75, 3.05) is 31.1 Å². The summed E-state index contributed by atoms with van der Waals surface area (Å²) in [6.45, 7) is 11.5. The number of hydrogen-bond acceptors (Lipinski definition) is 11. The minimum Gasteiger partial charge on any atom is -0.490 e. The lowest BCUT2D eigenvalue weighted by molar-refractivity contribution is -0.135. The van der Waals surface area contributed by atoms with Crippen molar-refractivity contribution in [2.24, 2.45) is 0 Å². The van der Waals surface area contributed by atoms with Crippen molar-refractivity contribution in [3.8, 4) is 22.7 Å². The summed E-state index contributed by atoms with van der Waals surface area (Å²) in [5.41, 5.74) is -0.918. The van der Waals surface area contributed by atoms with Crippen LogP contribution in [0.4, 0.5) is 19.4 Å². The third kappa shape index (κ3) is 6.18. The number of amides is 1. The van der Waals surface area contributed by atoms with E-state index in [1.165, 1.54) is 22.8 Å². The average Bonchev–Trinajstić information content (AvgIpc) is 3.49. The minimum atomic E-state index is -1.25. The zero-order valence-corrected chi connectivity index (χ0v) is 29.1. The van der Waals surface area contributed by atoms with Gasteiger partial charge < -0.3 is 28.7 Å². The number of halogens is 2. The molecule has 1 aromatic carbocycles. The van der Waals surface area contributed by atoms with E-state index in [1.54, 1.807) is 37.9 Å². The molecule has 0 spiro atoms. The summed E-state index contributed by atoms with van der Waals surface area (Å²) in [4.78, 5) is 56.6. The summed E-state index contributed by atoms with van der Waals surface area (Å²) in [6.07, 6.45) is -1.47. The Labute approximate surface area is 292 Å². The van der Waals surface area contributed by atoms with Crippen LogP contribution in [0.1, 0.15) is 64.8 Å². The van der Waals surface area contributed by atoms with Gasteiger partial charge in [0.1, 0.15) is 47.5 Å². The second kappa shape index (κ2) is 12.9. The molecule has 13 nitrogen and oxygen atoms in total. The molecule has 15 heteroatoms. The standard InChI is InChI=1S/C36H38F2N6O7/c1-18(2)28-30-20(10-11-39-28)31-25(49-26(16-45)50-31)17-48-24-9-7-8-22(37)27(24)29-23(38)14-21-32(41-34(46)44(30)33(21)40-29)43-13-12-42(15-19(43)3)35(47)51-36(4,5)6/h7-11,14,16,18-19,25-26,31H,12-13,15,17H2,1-6H3/t19-,25?,26?,31?/m0/s1. The molecule has 0 saturated carbocycles. The van der Waals surface area contributed by atoms with Crippen LogP contribution in [0.2, 0.25) is 0 Å². The van der Waals surface area contributed by atoms with E-state index in [0.717, 1.165) is 6.07 Å². The van der Waals surface area contributed by atoms with Crippen molar-refractivity contribution in [1.29, 1.82) is 0 Å². The van der Waals surface area contributed by atoms with Crippen LogP contribution in [0.25, 0.3) is 28.0 Å². The fourth-order valence-corrected chi connectivity index (χ4v) is 6.85. The molecule has 0 radical (unpaired) electrons. The monoisotopic (exact) mass is 704 g/mol. The highest BCUT2D eigenvalue weighted by molar-refractivity contribution is 5.91. The third-order valence-electron chi connectivity index (χ3n) is 9.07. The van der Waals surface area contributed by atoms with Crippen molar-refractivity contribution in [3.05, 3.63) is 69.9 Å². The number of pyridine rings is 2. The number of rotatable bonds is 3. The van der Waals surface area contributed by atoms with Gasteiger partial charge in [0.2, 0.25) is 6.29 Å². The summed E-state index contributed by atoms with van der Waals surface area (Å²) in [5, 5.41) is 0.166. The number of aromatic nitrogens is 4. The fraction of sp³-hybridized carbons (Fsp3) is 0.444. The minimum absolute atomic E-state index is 0.0171. The van der Waals surface area contributed by atoms with E-state index in [0.29, 0.717) is 17.5 Å². The Morgan fingerprint density at radius 1 is 1.10 bits per heavy atom. The Morgan fingerprint density at radius 2 is 1.88 bits per heavy atom. The van der Waals surface area contributed by atoms with Gasteiger partial charge in [0, 0.05) is 37.4 Å². The Bertz CT molecular complexity index is 2100. The molecule has 4 atom stereocenters. The maximum absolute atomic E-state index is 16.4. The van der Waals surface area contributed by atoms with Gasteiger partial charge in [-0.3, -0.25) is 9.78 Å². The number of anilines is 1. The number of carbonyl (C=O) groups excluding carboxylic acids is 2. The van der Waals surface area contributed by atoms with E-state index in [2.05, 4.69) is 9.97 Å². The summed E-state index contributed by atoms with van der Waals surface area (Å²) >= 11 is 0. The van der Waals surface area contributed by atoms with Crippen molar-refractivity contribution >= 4 is 29.2 Å². The molecule has 3 aromatic heterocycles. The van der Waals surface area contributed by atoms with Crippen molar-refractivity contribution in [2.45, 2.75) is 77.6 Å². The van der Waals surface area contributed by atoms with Gasteiger partial charge >= 0.3 is 11.8 Å². The van der Waals surface area contributed by atoms with Crippen LogP contribution in [0.3, 0.4) is 0 Å². The second-order valence-electron chi connectivity index (χ2n) is 14.2. The largest absolute Gasteiger partial charge is 0.490 e. The van der Waals surface area contributed by atoms with E-state index < -0.39 is 47.5 Å². The number of ether oxygens (including phenoxy) is 4. The normalized spacial score (nSPS) is 21.7. The first kappa shape index (κ1) is 34.4. The number of fused-ring (bicyclic) bond motifs is 7. The fourth-order valence-electron chi connectivity index (χ4n) is 6.85. The van der Waals surface area contributed by atoms with Crippen LogP contribution in [0, 0.1) is 11.6 Å². The molecule has 6 heterocycles. The summed E-state index contributed by atoms with van der Waals surface area (Å²) < 4.78 is 57.0. The predicted octanol–water partition coefficient (Wildman–Crippen LogP) is 5.06. The van der Waals surface area contributed by atoms with Crippen LogP contribution >= 0.6 is 0 Å². The molecule has 0 N–H and O–H groups in total. The maximum atomic E-state index is 16.4. The number of hydrogen-bond donors (Lipinski definition) is 0. The highest BCUT2D eigenvalue weighted by Crippen LogP contribution is 2.42. The first-order valence-corrected chi connectivity index (χ1v) is 16.8. The van der Waals surface area contributed by atoms with E-state index in [9.17, 15) is 14.4 Å². The summed E-state index contributed by atoms with van der Waals surface area (Å²) in [5.74, 6) is -1.80. The summed E-state index contributed by atoms with van der Waals surface area (Å²) in [7, 11) is 0. The lowest BCUT2D eigenvalue weighted by Gasteiger charge is -2.41. The van der Waals surface area contributed by atoms with Crippen molar-refractivity contribution < 1.29 is 37.3 Å². The average molecular weight is 705 g/mol. The van der Waals surface area contributed by atoms with Gasteiger partial charge in [-0.2, -0.15) is 4.98 Å². The van der Waals surface area contributed by atoms with Crippen LogP contribution in [-0.2, 0) is 19.0 Å². The molecule has 1 amide bonds. The molecular formula is C36H38F2N6O7. The lowest BCUT2D eigenvalue weighted by atomic mass is 9.97. The molecule has 2 saturated heterocycles. The zero-order chi connectivity index (χ0) is 36.4. The molecule has 4 aromatic rings. The van der Waals surface area contributed by atoms with Crippen LogP contribution < -0.4 is 15.3 Å². The maximum Gasteiger partial charge on any atom is 0.410 e. The molecule has 7 rings (SSSR count). The van der Waals surface area contributed by atoms with Crippen LogP contribution in [0.5, 0.6) is 5.75 Å². The summed E-state index contributed by atoms with van der Waals surface area (Å²) in [6, 6.07) is 6.53. The molecule has 2 fully saturated rings. The van der Waals surface area contributed by atoms with Crippen LogP contribution in [-0.4, -0.2) is 87.1 Å². The number of nitrogens with zero attached hydrogens (tertiary/aromatic N) is 6. The molecule has 3 aliphatic heterocycles. The zero-order valence-electron chi connectivity index (χ0n) is 29.1. The Kier molecular flexibility index (Phi) is 8.74. The van der Waals surface area contributed by atoms with Gasteiger partial charge in [-0.25, -0.2) is 27.9 Å². The molecule has 3 unspecified atom stereocenters. The third-order valence-corrected chi connectivity index (χ3v) is 9.07. The lowest BCUT2D eigenvalue weighted by Crippen LogP contribution is -2.55. The molecule has 51 heavy (non-hydrogen) atoms. The van der Waals surface area contributed by atoms with Crippen molar-refractivity contribution in [3.63, 3.8) is 0 Å². The van der Waals surface area contributed by atoms with E-state index in [1.807, 2.05) is 25.7 Å². The molecule has 3 aliphatic rings. The Hall–Kier alpha value is -5.02. The number of aldehydes is 1. The smallest absolute Gasteiger partial charge is 0.410 e.